The Bertz CT molecular complexity index is 126. The third kappa shape index (κ3) is 0.887. The second-order valence-electron chi connectivity index (χ2n) is 4.15. The lowest BCUT2D eigenvalue weighted by molar-refractivity contribution is 0.293. The van der Waals surface area contributed by atoms with Crippen molar-refractivity contribution in [2.45, 2.75) is 32.6 Å². The number of fused-ring (bicyclic) bond motifs is 1. The smallest absolute Gasteiger partial charge is 0.0280 e. The lowest BCUT2D eigenvalue weighted by atomic mass is 9.82. The summed E-state index contributed by atoms with van der Waals surface area (Å²) in [4.78, 5) is 0. The minimum absolute atomic E-state index is 0.565. The lowest BCUT2D eigenvalue weighted by Crippen LogP contribution is -2.19. The Kier molecular flexibility index (Phi) is 1.49. The van der Waals surface area contributed by atoms with E-state index >= 15 is 0 Å². The third-order valence-electron chi connectivity index (χ3n) is 3.49. The molecule has 2 aliphatic rings. The topological polar surface area (TPSA) is 0 Å². The van der Waals surface area contributed by atoms with Gasteiger partial charge >= 0.3 is 0 Å². The predicted octanol–water partition coefficient (Wildman–Crippen LogP) is 3.05. The van der Waals surface area contributed by atoms with Crippen LogP contribution >= 0.6 is 11.6 Å². The van der Waals surface area contributed by atoms with E-state index in [4.69, 9.17) is 11.6 Å². The van der Waals surface area contributed by atoms with Crippen LogP contribution in [-0.4, -0.2) is 5.88 Å². The molecule has 58 valence electrons. The summed E-state index contributed by atoms with van der Waals surface area (Å²) in [6.07, 6.45) is 5.66. The Labute approximate surface area is 68.0 Å². The summed E-state index contributed by atoms with van der Waals surface area (Å²) in [6, 6.07) is 0. The van der Waals surface area contributed by atoms with E-state index in [-0.39, 0.29) is 0 Å². The maximum absolute atomic E-state index is 5.95. The third-order valence-corrected chi connectivity index (χ3v) is 4.06. The van der Waals surface area contributed by atoms with Gasteiger partial charge in [0.2, 0.25) is 0 Å². The first-order valence-electron chi connectivity index (χ1n) is 4.35. The molecule has 0 nitrogen and oxygen atoms in total. The SMILES string of the molecule is CCC1(CCl)CC2CC2C1. The molecule has 0 N–H and O–H groups in total. The highest BCUT2D eigenvalue weighted by Crippen LogP contribution is 2.61. The van der Waals surface area contributed by atoms with E-state index in [1.165, 1.54) is 25.7 Å². The molecule has 2 saturated carbocycles. The molecule has 2 aliphatic carbocycles. The van der Waals surface area contributed by atoms with E-state index in [2.05, 4.69) is 6.92 Å². The molecule has 0 aliphatic heterocycles. The number of rotatable bonds is 2. The van der Waals surface area contributed by atoms with Gasteiger partial charge in [-0.05, 0) is 42.9 Å². The Morgan fingerprint density at radius 1 is 1.40 bits per heavy atom. The van der Waals surface area contributed by atoms with Crippen LogP contribution in [0.2, 0.25) is 0 Å². The molecule has 10 heavy (non-hydrogen) atoms. The molecule has 2 unspecified atom stereocenters. The highest BCUT2D eigenvalue weighted by atomic mass is 35.5. The van der Waals surface area contributed by atoms with Crippen molar-refractivity contribution in [3.05, 3.63) is 0 Å². The minimum Gasteiger partial charge on any atom is -0.126 e. The molecule has 0 saturated heterocycles. The fourth-order valence-corrected chi connectivity index (χ4v) is 2.91. The van der Waals surface area contributed by atoms with Gasteiger partial charge in [0.15, 0.2) is 0 Å². The van der Waals surface area contributed by atoms with Crippen molar-refractivity contribution in [1.29, 1.82) is 0 Å². The Morgan fingerprint density at radius 2 is 2.00 bits per heavy atom. The van der Waals surface area contributed by atoms with Gasteiger partial charge in [0.25, 0.3) is 0 Å². The van der Waals surface area contributed by atoms with Crippen molar-refractivity contribution in [2.24, 2.45) is 17.3 Å². The maximum Gasteiger partial charge on any atom is 0.0280 e. The van der Waals surface area contributed by atoms with Gasteiger partial charge < -0.3 is 0 Å². The van der Waals surface area contributed by atoms with Crippen LogP contribution in [0.25, 0.3) is 0 Å². The molecule has 1 heteroatoms. The average Bonchev–Trinajstić information content (AvgIpc) is 2.60. The van der Waals surface area contributed by atoms with Gasteiger partial charge in [-0.3, -0.25) is 0 Å². The molecule has 0 aromatic heterocycles. The fourth-order valence-electron chi connectivity index (χ4n) is 2.50. The summed E-state index contributed by atoms with van der Waals surface area (Å²) in [5.74, 6) is 3.06. The number of alkyl halides is 1. The monoisotopic (exact) mass is 158 g/mol. The fraction of sp³-hybridized carbons (Fsp3) is 1.00. The van der Waals surface area contributed by atoms with Gasteiger partial charge in [-0.15, -0.1) is 11.6 Å². The first kappa shape index (κ1) is 6.97. The van der Waals surface area contributed by atoms with Crippen LogP contribution in [-0.2, 0) is 0 Å². The van der Waals surface area contributed by atoms with Crippen LogP contribution in [0.3, 0.4) is 0 Å². The summed E-state index contributed by atoms with van der Waals surface area (Å²) in [5, 5.41) is 0. The molecule has 2 rings (SSSR count). The highest BCUT2D eigenvalue weighted by molar-refractivity contribution is 6.18. The molecule has 0 aromatic rings. The molecule has 0 bridgehead atoms. The number of halogens is 1. The van der Waals surface area contributed by atoms with E-state index < -0.39 is 0 Å². The molecular weight excluding hydrogens is 144 g/mol. The van der Waals surface area contributed by atoms with E-state index in [0.717, 1.165) is 17.7 Å². The van der Waals surface area contributed by atoms with Crippen LogP contribution in [0.4, 0.5) is 0 Å². The molecular formula is C9H15Cl. The summed E-state index contributed by atoms with van der Waals surface area (Å²) in [5.41, 5.74) is 0.565. The second-order valence-corrected chi connectivity index (χ2v) is 4.42. The largest absolute Gasteiger partial charge is 0.126 e. The highest BCUT2D eigenvalue weighted by Gasteiger charge is 2.52. The zero-order chi connectivity index (χ0) is 7.19. The van der Waals surface area contributed by atoms with E-state index in [1.807, 2.05) is 0 Å². The van der Waals surface area contributed by atoms with Crippen molar-refractivity contribution >= 4 is 11.6 Å². The quantitative estimate of drug-likeness (QED) is 0.542. The van der Waals surface area contributed by atoms with Crippen molar-refractivity contribution in [1.82, 2.24) is 0 Å². The molecule has 0 spiro atoms. The van der Waals surface area contributed by atoms with Crippen LogP contribution in [0.1, 0.15) is 32.6 Å². The standard InChI is InChI=1S/C9H15Cl/c1-2-9(6-10)4-7-3-8(7)5-9/h7-8H,2-6H2,1H3. The number of hydrogen-bond donors (Lipinski definition) is 0. The zero-order valence-corrected chi connectivity index (χ0v) is 7.32. The Balaban J connectivity index is 2.02. The lowest BCUT2D eigenvalue weighted by Gasteiger charge is -2.26. The first-order valence-corrected chi connectivity index (χ1v) is 4.89. The van der Waals surface area contributed by atoms with Gasteiger partial charge in [-0.2, -0.15) is 0 Å². The van der Waals surface area contributed by atoms with Gasteiger partial charge in [-0.25, -0.2) is 0 Å². The van der Waals surface area contributed by atoms with Crippen molar-refractivity contribution in [3.63, 3.8) is 0 Å². The van der Waals surface area contributed by atoms with E-state index in [0.29, 0.717) is 5.41 Å². The van der Waals surface area contributed by atoms with Gasteiger partial charge in [0.05, 0.1) is 0 Å². The maximum atomic E-state index is 5.95. The summed E-state index contributed by atoms with van der Waals surface area (Å²) in [7, 11) is 0. The van der Waals surface area contributed by atoms with E-state index in [1.54, 1.807) is 0 Å². The molecule has 0 radical (unpaired) electrons. The molecule has 2 fully saturated rings. The number of hydrogen-bond acceptors (Lipinski definition) is 0. The molecule has 0 aromatic carbocycles. The van der Waals surface area contributed by atoms with Gasteiger partial charge in [0, 0.05) is 5.88 Å². The normalized spacial score (nSPS) is 51.0. The molecule has 0 amide bonds. The van der Waals surface area contributed by atoms with Crippen LogP contribution in [0.5, 0.6) is 0 Å². The minimum atomic E-state index is 0.565. The summed E-state index contributed by atoms with van der Waals surface area (Å²) in [6.45, 7) is 2.28. The molecule has 0 heterocycles. The van der Waals surface area contributed by atoms with Crippen molar-refractivity contribution < 1.29 is 0 Å². The molecule has 2 atom stereocenters. The summed E-state index contributed by atoms with van der Waals surface area (Å²) >= 11 is 5.95. The van der Waals surface area contributed by atoms with Gasteiger partial charge in [-0.1, -0.05) is 6.92 Å². The van der Waals surface area contributed by atoms with E-state index in [9.17, 15) is 0 Å². The Hall–Kier alpha value is 0.290. The van der Waals surface area contributed by atoms with Crippen LogP contribution in [0, 0.1) is 17.3 Å². The van der Waals surface area contributed by atoms with Crippen LogP contribution in [0.15, 0.2) is 0 Å². The van der Waals surface area contributed by atoms with Gasteiger partial charge in [0.1, 0.15) is 0 Å². The zero-order valence-electron chi connectivity index (χ0n) is 6.57. The van der Waals surface area contributed by atoms with Crippen LogP contribution < -0.4 is 0 Å². The average molecular weight is 159 g/mol. The summed E-state index contributed by atoms with van der Waals surface area (Å²) < 4.78 is 0. The second kappa shape index (κ2) is 2.14. The predicted molar refractivity (Wildman–Crippen MR) is 44.3 cm³/mol. The first-order chi connectivity index (χ1) is 4.79. The Morgan fingerprint density at radius 3 is 2.30 bits per heavy atom. The van der Waals surface area contributed by atoms with Crippen molar-refractivity contribution in [2.75, 3.05) is 5.88 Å². The van der Waals surface area contributed by atoms with Crippen molar-refractivity contribution in [3.8, 4) is 0 Å².